The van der Waals surface area contributed by atoms with Crippen molar-refractivity contribution in [1.29, 1.82) is 5.26 Å². The maximum atomic E-state index is 13.6. The second-order valence-electron chi connectivity index (χ2n) is 8.89. The standard InChI is InChI=1S/C27H21F3N8O2/c28-27(29,30)24-23(40-26(39)34-11-19-5-6-22-21(9-19)7-8-33-25(22)32)16-38(36-24)14-18-3-1-17(2-4-18)13-37-15-20(10-31)12-35-37/h1-9,12,15-16H,11,13-14H2,(H2,32,33)(H,34,39). The number of alkyl halides is 3. The van der Waals surface area contributed by atoms with E-state index in [0.717, 1.165) is 27.2 Å². The Balaban J connectivity index is 1.24. The number of nitriles is 1. The molecule has 0 aliphatic heterocycles. The minimum atomic E-state index is -4.83. The van der Waals surface area contributed by atoms with E-state index >= 15 is 0 Å². The number of fused-ring (bicyclic) bond motifs is 1. The monoisotopic (exact) mass is 546 g/mol. The number of nitrogens with one attached hydrogen (secondary N) is 1. The van der Waals surface area contributed by atoms with E-state index in [2.05, 4.69) is 20.5 Å². The molecule has 3 aromatic heterocycles. The maximum absolute atomic E-state index is 13.6. The molecule has 1 amide bonds. The van der Waals surface area contributed by atoms with Gasteiger partial charge >= 0.3 is 12.3 Å². The van der Waals surface area contributed by atoms with Gasteiger partial charge in [-0.25, -0.2) is 9.78 Å². The molecule has 0 fully saturated rings. The summed E-state index contributed by atoms with van der Waals surface area (Å²) in [6.07, 6.45) is -0.215. The molecule has 0 saturated heterocycles. The first-order chi connectivity index (χ1) is 19.2. The minimum absolute atomic E-state index is 0.0176. The lowest BCUT2D eigenvalue weighted by Gasteiger charge is -2.09. The Morgan fingerprint density at radius 3 is 2.40 bits per heavy atom. The smallest absolute Gasteiger partial charge is 0.406 e. The van der Waals surface area contributed by atoms with Crippen LogP contribution in [-0.2, 0) is 25.8 Å². The zero-order chi connectivity index (χ0) is 28.3. The van der Waals surface area contributed by atoms with Crippen molar-refractivity contribution in [2.24, 2.45) is 0 Å². The number of rotatable bonds is 7. The van der Waals surface area contributed by atoms with E-state index in [4.69, 9.17) is 15.7 Å². The summed E-state index contributed by atoms with van der Waals surface area (Å²) in [5, 5.41) is 20.6. The molecule has 0 radical (unpaired) electrons. The molecule has 5 rings (SSSR count). The van der Waals surface area contributed by atoms with Gasteiger partial charge in [-0.15, -0.1) is 0 Å². The molecule has 5 aromatic rings. The fraction of sp³-hybridized carbons (Fsp3) is 0.148. The molecule has 10 nitrogen and oxygen atoms in total. The number of anilines is 1. The number of nitrogen functional groups attached to an aromatic ring is 1. The van der Waals surface area contributed by atoms with Crippen LogP contribution in [0.15, 0.2) is 73.3 Å². The van der Waals surface area contributed by atoms with Crippen molar-refractivity contribution < 1.29 is 22.7 Å². The lowest BCUT2D eigenvalue weighted by atomic mass is 10.1. The highest BCUT2D eigenvalue weighted by atomic mass is 19.4. The van der Waals surface area contributed by atoms with Crippen molar-refractivity contribution in [2.75, 3.05) is 5.73 Å². The first kappa shape index (κ1) is 26.2. The van der Waals surface area contributed by atoms with Crippen LogP contribution in [0.4, 0.5) is 23.8 Å². The molecule has 0 aliphatic carbocycles. The molecule has 0 bridgehead atoms. The van der Waals surface area contributed by atoms with Crippen LogP contribution in [0, 0.1) is 11.3 Å². The molecule has 0 saturated carbocycles. The highest BCUT2D eigenvalue weighted by Gasteiger charge is 2.39. The molecule has 0 atom stereocenters. The van der Waals surface area contributed by atoms with Crippen LogP contribution in [0.5, 0.6) is 5.75 Å². The highest BCUT2D eigenvalue weighted by Crippen LogP contribution is 2.35. The molecule has 13 heteroatoms. The van der Waals surface area contributed by atoms with Gasteiger partial charge in [-0.1, -0.05) is 36.4 Å². The second kappa shape index (κ2) is 10.8. The number of carbonyl (C=O) groups excluding carboxylic acids is 1. The van der Waals surface area contributed by atoms with Crippen LogP contribution in [0.25, 0.3) is 10.8 Å². The van der Waals surface area contributed by atoms with Crippen molar-refractivity contribution in [3.8, 4) is 11.8 Å². The van der Waals surface area contributed by atoms with Crippen molar-refractivity contribution in [2.45, 2.75) is 25.8 Å². The van der Waals surface area contributed by atoms with E-state index in [1.165, 1.54) is 6.20 Å². The molecule has 0 unspecified atom stereocenters. The Morgan fingerprint density at radius 2 is 1.73 bits per heavy atom. The summed E-state index contributed by atoms with van der Waals surface area (Å²) in [7, 11) is 0. The number of nitrogens with two attached hydrogens (primary N) is 1. The van der Waals surface area contributed by atoms with E-state index in [9.17, 15) is 18.0 Å². The Bertz CT molecular complexity index is 1720. The molecule has 3 heterocycles. The third-order valence-corrected chi connectivity index (χ3v) is 5.97. The fourth-order valence-corrected chi connectivity index (χ4v) is 4.06. The average Bonchev–Trinajstić information content (AvgIpc) is 3.55. The quantitative estimate of drug-likeness (QED) is 0.307. The number of hydrogen-bond donors (Lipinski definition) is 2. The highest BCUT2D eigenvalue weighted by molar-refractivity contribution is 5.91. The van der Waals surface area contributed by atoms with E-state index in [-0.39, 0.29) is 13.1 Å². The number of halogens is 3. The largest absolute Gasteiger partial charge is 0.438 e. The fourth-order valence-electron chi connectivity index (χ4n) is 4.06. The lowest BCUT2D eigenvalue weighted by Crippen LogP contribution is -2.27. The van der Waals surface area contributed by atoms with Gasteiger partial charge in [0, 0.05) is 24.3 Å². The van der Waals surface area contributed by atoms with E-state index in [0.29, 0.717) is 29.1 Å². The lowest BCUT2D eigenvalue weighted by molar-refractivity contribution is -0.142. The van der Waals surface area contributed by atoms with Crippen molar-refractivity contribution in [1.82, 2.24) is 29.9 Å². The SMILES string of the molecule is N#Cc1cnn(Cc2ccc(Cn3cc(OC(=O)NCc4ccc5c(N)nccc5c4)c(C(F)(F)F)n3)cc2)c1. The average molecular weight is 547 g/mol. The Morgan fingerprint density at radius 1 is 1.02 bits per heavy atom. The number of pyridine rings is 1. The van der Waals surface area contributed by atoms with Gasteiger partial charge in [0.25, 0.3) is 0 Å². The Labute approximate surface area is 225 Å². The summed E-state index contributed by atoms with van der Waals surface area (Å²) in [6, 6.07) is 16.1. The third kappa shape index (κ3) is 6.02. The van der Waals surface area contributed by atoms with E-state index in [1.54, 1.807) is 65.6 Å². The first-order valence-electron chi connectivity index (χ1n) is 11.9. The predicted octanol–water partition coefficient (Wildman–Crippen LogP) is 4.49. The number of ether oxygens (including phenoxy) is 1. The number of aromatic nitrogens is 5. The molecule has 0 spiro atoms. The Kier molecular flexibility index (Phi) is 7.07. The van der Waals surface area contributed by atoms with Gasteiger partial charge in [-0.3, -0.25) is 9.36 Å². The first-order valence-corrected chi connectivity index (χ1v) is 11.9. The molecule has 202 valence electrons. The zero-order valence-corrected chi connectivity index (χ0v) is 20.8. The summed E-state index contributed by atoms with van der Waals surface area (Å²) in [6.45, 7) is 0.471. The van der Waals surface area contributed by atoms with Crippen LogP contribution in [0.2, 0.25) is 0 Å². The summed E-state index contributed by atoms with van der Waals surface area (Å²) in [4.78, 5) is 16.4. The summed E-state index contributed by atoms with van der Waals surface area (Å²) in [5.41, 5.74) is 7.25. The topological polar surface area (TPSA) is 137 Å². The van der Waals surface area contributed by atoms with Gasteiger partial charge in [0.1, 0.15) is 11.9 Å². The van der Waals surface area contributed by atoms with E-state index in [1.807, 2.05) is 6.07 Å². The molecular formula is C27H21F3N8O2. The van der Waals surface area contributed by atoms with Crippen LogP contribution < -0.4 is 15.8 Å². The predicted molar refractivity (Wildman–Crippen MR) is 138 cm³/mol. The number of carbonyl (C=O) groups is 1. The van der Waals surface area contributed by atoms with Crippen LogP contribution in [0.1, 0.15) is 27.9 Å². The zero-order valence-electron chi connectivity index (χ0n) is 20.8. The maximum Gasteiger partial charge on any atom is 0.438 e. The molecule has 3 N–H and O–H groups in total. The van der Waals surface area contributed by atoms with Gasteiger partial charge in [0.15, 0.2) is 5.75 Å². The third-order valence-electron chi connectivity index (χ3n) is 5.97. The van der Waals surface area contributed by atoms with Crippen LogP contribution in [0.3, 0.4) is 0 Å². The molecular weight excluding hydrogens is 525 g/mol. The van der Waals surface area contributed by atoms with Crippen molar-refractivity contribution >= 4 is 22.7 Å². The summed E-state index contributed by atoms with van der Waals surface area (Å²) in [5.74, 6) is -0.334. The van der Waals surface area contributed by atoms with Crippen LogP contribution in [-0.4, -0.2) is 30.6 Å². The molecule has 0 aliphatic rings. The number of hydrogen-bond acceptors (Lipinski definition) is 7. The van der Waals surface area contributed by atoms with Gasteiger partial charge in [-0.05, 0) is 34.2 Å². The summed E-state index contributed by atoms with van der Waals surface area (Å²) < 4.78 is 48.6. The molecule has 2 aromatic carbocycles. The molecule has 40 heavy (non-hydrogen) atoms. The number of benzene rings is 2. The summed E-state index contributed by atoms with van der Waals surface area (Å²) >= 11 is 0. The van der Waals surface area contributed by atoms with Crippen molar-refractivity contribution in [3.05, 3.63) is 101 Å². The van der Waals surface area contributed by atoms with Gasteiger partial charge < -0.3 is 15.8 Å². The van der Waals surface area contributed by atoms with Crippen molar-refractivity contribution in [3.63, 3.8) is 0 Å². The normalized spacial score (nSPS) is 11.3. The van der Waals surface area contributed by atoms with Gasteiger partial charge in [-0.2, -0.15) is 28.6 Å². The number of amides is 1. The minimum Gasteiger partial charge on any atom is -0.406 e. The number of nitrogens with zero attached hydrogens (tertiary/aromatic N) is 6. The Hall–Kier alpha value is -5.38. The van der Waals surface area contributed by atoms with E-state index < -0.39 is 23.7 Å². The van der Waals surface area contributed by atoms with Gasteiger partial charge in [0.2, 0.25) is 5.69 Å². The van der Waals surface area contributed by atoms with Crippen LogP contribution >= 0.6 is 0 Å². The second-order valence-corrected chi connectivity index (χ2v) is 8.89. The van der Waals surface area contributed by atoms with Gasteiger partial charge in [0.05, 0.1) is 31.0 Å².